The van der Waals surface area contributed by atoms with Gasteiger partial charge >= 0.3 is 0 Å². The number of halogens is 1. The molecule has 0 saturated carbocycles. The summed E-state index contributed by atoms with van der Waals surface area (Å²) in [5.74, 6) is -0.229. The van der Waals surface area contributed by atoms with Crippen molar-refractivity contribution in [3.63, 3.8) is 0 Å². The van der Waals surface area contributed by atoms with E-state index < -0.39 is 0 Å². The van der Waals surface area contributed by atoms with Crippen molar-refractivity contribution in [2.75, 3.05) is 9.80 Å². The summed E-state index contributed by atoms with van der Waals surface area (Å²) in [5.41, 5.74) is 18.0. The highest BCUT2D eigenvalue weighted by Crippen LogP contribution is 2.60. The molecule has 0 spiro atoms. The predicted octanol–water partition coefficient (Wildman–Crippen LogP) is 13.1. The van der Waals surface area contributed by atoms with Crippen LogP contribution < -0.4 is 25.5 Å². The van der Waals surface area contributed by atoms with Crippen LogP contribution in [0.3, 0.4) is 0 Å². The Morgan fingerprint density at radius 3 is 1.71 bits per heavy atom. The molecule has 2 aliphatic carbocycles. The molecular formula is C54H56BFN2S. The summed E-state index contributed by atoms with van der Waals surface area (Å²) < 4.78 is 18.1. The zero-order valence-corrected chi connectivity index (χ0v) is 37.7. The van der Waals surface area contributed by atoms with Gasteiger partial charge in [0.1, 0.15) is 5.82 Å². The van der Waals surface area contributed by atoms with Gasteiger partial charge in [-0.1, -0.05) is 144 Å². The van der Waals surface area contributed by atoms with E-state index in [4.69, 9.17) is 0 Å². The third kappa shape index (κ3) is 5.56. The molecule has 0 radical (unpaired) electrons. The zero-order valence-electron chi connectivity index (χ0n) is 36.9. The van der Waals surface area contributed by atoms with Crippen LogP contribution >= 0.6 is 11.3 Å². The number of rotatable bonds is 2. The molecule has 298 valence electrons. The van der Waals surface area contributed by atoms with Crippen molar-refractivity contribution in [2.24, 2.45) is 0 Å². The molecule has 0 amide bonds. The van der Waals surface area contributed by atoms with E-state index in [1.807, 2.05) is 17.4 Å². The van der Waals surface area contributed by atoms with E-state index >= 15 is 4.39 Å². The Kier molecular flexibility index (Phi) is 8.03. The SMILES string of the molecule is CC(C)(C)c1ccc(N2c3ccc(C(C)(C)C)cc3B3c4sc5c(c4N(c4ccc(C(C)(C)C)cc4)c4cc(F)cc2c43)CC2(C)C(=C5)C(C)(C)c3ccccc32)cc1. The van der Waals surface area contributed by atoms with Crippen molar-refractivity contribution in [2.45, 2.75) is 117 Å². The van der Waals surface area contributed by atoms with Crippen molar-refractivity contribution in [1.29, 1.82) is 0 Å². The Bertz CT molecular complexity index is 2750. The van der Waals surface area contributed by atoms with Gasteiger partial charge in [-0.3, -0.25) is 0 Å². The van der Waals surface area contributed by atoms with Crippen LogP contribution in [0.1, 0.15) is 121 Å². The molecule has 4 aliphatic rings. The van der Waals surface area contributed by atoms with Crippen molar-refractivity contribution < 1.29 is 4.39 Å². The monoisotopic (exact) mass is 794 g/mol. The smallest absolute Gasteiger partial charge is 0.264 e. The van der Waals surface area contributed by atoms with E-state index in [0.29, 0.717) is 0 Å². The van der Waals surface area contributed by atoms with Gasteiger partial charge in [0.15, 0.2) is 0 Å². The molecule has 0 N–H and O–H groups in total. The van der Waals surface area contributed by atoms with E-state index in [1.165, 1.54) is 65.2 Å². The highest BCUT2D eigenvalue weighted by Gasteiger charge is 2.53. The van der Waals surface area contributed by atoms with E-state index in [1.54, 1.807) is 6.07 Å². The highest BCUT2D eigenvalue weighted by molar-refractivity contribution is 7.29. The number of nitrogens with zero attached hydrogens (tertiary/aromatic N) is 2. The first kappa shape index (κ1) is 38.3. The molecule has 2 aliphatic heterocycles. The molecule has 0 fully saturated rings. The van der Waals surface area contributed by atoms with E-state index in [9.17, 15) is 0 Å². The van der Waals surface area contributed by atoms with Gasteiger partial charge in [0.25, 0.3) is 6.71 Å². The molecule has 1 unspecified atom stereocenters. The average Bonchev–Trinajstić information content (AvgIpc) is 3.61. The lowest BCUT2D eigenvalue weighted by atomic mass is 9.36. The number of hydrogen-bond acceptors (Lipinski definition) is 3. The van der Waals surface area contributed by atoms with Gasteiger partial charge in [-0.2, -0.15) is 0 Å². The molecule has 3 heterocycles. The second kappa shape index (κ2) is 12.4. The van der Waals surface area contributed by atoms with Gasteiger partial charge in [-0.25, -0.2) is 4.39 Å². The number of thiophene rings is 1. The summed E-state index contributed by atoms with van der Waals surface area (Å²) in [6.07, 6.45) is 3.44. The molecule has 0 bridgehead atoms. The molecule has 0 saturated heterocycles. The molecular weight excluding hydrogens is 738 g/mol. The third-order valence-electron chi connectivity index (χ3n) is 14.1. The van der Waals surface area contributed by atoms with Crippen LogP contribution in [0.15, 0.2) is 109 Å². The van der Waals surface area contributed by atoms with Crippen LogP contribution in [-0.4, -0.2) is 6.71 Å². The first-order valence-corrected chi connectivity index (χ1v) is 22.3. The zero-order chi connectivity index (χ0) is 41.8. The summed E-state index contributed by atoms with van der Waals surface area (Å²) in [6.45, 7) is 27.7. The molecule has 5 heteroatoms. The average molecular weight is 795 g/mol. The number of allylic oxidation sites excluding steroid dienone is 1. The molecule has 59 heavy (non-hydrogen) atoms. The van der Waals surface area contributed by atoms with Crippen LogP contribution in [0.5, 0.6) is 0 Å². The predicted molar refractivity (Wildman–Crippen MR) is 253 cm³/mol. The lowest BCUT2D eigenvalue weighted by Gasteiger charge is -2.44. The van der Waals surface area contributed by atoms with Gasteiger partial charge in [0, 0.05) is 48.9 Å². The minimum absolute atomic E-state index is 0.00617. The Hall–Kier alpha value is -4.87. The molecule has 5 aromatic carbocycles. The van der Waals surface area contributed by atoms with Crippen LogP contribution in [0.4, 0.5) is 38.5 Å². The topological polar surface area (TPSA) is 6.48 Å². The van der Waals surface area contributed by atoms with Crippen LogP contribution in [0, 0.1) is 5.82 Å². The maximum absolute atomic E-state index is 16.8. The molecule has 1 aromatic heterocycles. The van der Waals surface area contributed by atoms with Crippen LogP contribution in [-0.2, 0) is 33.5 Å². The van der Waals surface area contributed by atoms with Crippen molar-refractivity contribution in [3.05, 3.63) is 153 Å². The molecule has 6 aromatic rings. The van der Waals surface area contributed by atoms with Gasteiger partial charge in [-0.05, 0) is 121 Å². The van der Waals surface area contributed by atoms with Crippen molar-refractivity contribution in [1.82, 2.24) is 0 Å². The van der Waals surface area contributed by atoms with Crippen molar-refractivity contribution >= 4 is 74.0 Å². The Labute approximate surface area is 355 Å². The first-order valence-electron chi connectivity index (χ1n) is 21.5. The number of anilines is 6. The second-order valence-electron chi connectivity index (χ2n) is 21.5. The fourth-order valence-corrected chi connectivity index (χ4v) is 12.3. The van der Waals surface area contributed by atoms with Gasteiger partial charge in [0.2, 0.25) is 0 Å². The number of benzene rings is 5. The maximum atomic E-state index is 16.8. The van der Waals surface area contributed by atoms with E-state index in [-0.39, 0.29) is 39.6 Å². The largest absolute Gasteiger partial charge is 0.311 e. The summed E-state index contributed by atoms with van der Waals surface area (Å²) in [7, 11) is 0. The Morgan fingerprint density at radius 2 is 1.14 bits per heavy atom. The second-order valence-corrected chi connectivity index (χ2v) is 22.6. The third-order valence-corrected chi connectivity index (χ3v) is 15.3. The summed E-state index contributed by atoms with van der Waals surface area (Å²) in [6, 6.07) is 37.8. The molecule has 2 nitrogen and oxygen atoms in total. The highest BCUT2D eigenvalue weighted by atomic mass is 32.1. The summed E-state index contributed by atoms with van der Waals surface area (Å²) in [5, 5.41) is 0. The normalized spacial score (nSPS) is 18.7. The van der Waals surface area contributed by atoms with Crippen LogP contribution in [0.25, 0.3) is 6.08 Å². The van der Waals surface area contributed by atoms with Crippen molar-refractivity contribution in [3.8, 4) is 0 Å². The van der Waals surface area contributed by atoms with E-state index in [0.717, 1.165) is 34.9 Å². The maximum Gasteiger partial charge on any atom is 0.264 e. The van der Waals surface area contributed by atoms with E-state index in [2.05, 4.69) is 190 Å². The standard InChI is InChI=1S/C54H56BFN2S/c1-50(2,3)32-17-22-36(23-18-32)57-42-26-21-34(52(7,8)9)27-41(42)55-47-43(57)28-35(56)29-44(47)58(37-24-19-33(20-25-37)51(4,5)6)48-38-31-54(12)40-16-14-13-15-39(40)53(10,11)46(54)30-45(38)59-49(48)55/h13-30H,31H2,1-12H3. The lowest BCUT2D eigenvalue weighted by Crippen LogP contribution is -2.60. The molecule has 10 rings (SSSR count). The molecule has 1 atom stereocenters. The number of hydrogen-bond donors (Lipinski definition) is 0. The fraction of sp³-hybridized carbons (Fsp3) is 0.333. The lowest BCUT2D eigenvalue weighted by molar-refractivity contribution is 0.509. The fourth-order valence-electron chi connectivity index (χ4n) is 10.9. The quantitative estimate of drug-likeness (QED) is 0.161. The van der Waals surface area contributed by atoms with Gasteiger partial charge < -0.3 is 9.80 Å². The van der Waals surface area contributed by atoms with Crippen LogP contribution in [0.2, 0.25) is 0 Å². The minimum atomic E-state index is -0.229. The van der Waals surface area contributed by atoms with Gasteiger partial charge in [-0.15, -0.1) is 11.3 Å². The Balaban J connectivity index is 1.28. The summed E-state index contributed by atoms with van der Waals surface area (Å²) in [4.78, 5) is 6.10. The number of fused-ring (bicyclic) bond motifs is 9. The Morgan fingerprint density at radius 1 is 0.610 bits per heavy atom. The van der Waals surface area contributed by atoms with Gasteiger partial charge in [0.05, 0.1) is 5.69 Å². The summed E-state index contributed by atoms with van der Waals surface area (Å²) >= 11 is 1.96. The first-order chi connectivity index (χ1) is 27.7. The minimum Gasteiger partial charge on any atom is -0.311 e.